The number of carboxylic acid groups (broad SMARTS) is 1. The Labute approximate surface area is 137 Å². The van der Waals surface area contributed by atoms with Crippen LogP contribution in [0.2, 0.25) is 0 Å². The molecule has 0 saturated carbocycles. The van der Waals surface area contributed by atoms with Gasteiger partial charge in [-0.3, -0.25) is 4.98 Å². The van der Waals surface area contributed by atoms with E-state index in [2.05, 4.69) is 10.3 Å². The molecule has 1 aliphatic rings. The van der Waals surface area contributed by atoms with Crippen LogP contribution in [0, 0.1) is 0 Å². The fourth-order valence-corrected chi connectivity index (χ4v) is 2.25. The minimum atomic E-state index is -0.979. The molecule has 124 valence electrons. The van der Waals surface area contributed by atoms with E-state index in [1.165, 1.54) is 18.3 Å². The van der Waals surface area contributed by atoms with Crippen LogP contribution in [0.4, 0.5) is 0 Å². The third kappa shape index (κ3) is 3.80. The van der Waals surface area contributed by atoms with Crippen LogP contribution >= 0.6 is 0 Å². The van der Waals surface area contributed by atoms with Gasteiger partial charge in [0.05, 0.1) is 22.5 Å². The summed E-state index contributed by atoms with van der Waals surface area (Å²) in [5, 5.41) is 12.2. The molecule has 0 atom stereocenters. The quantitative estimate of drug-likeness (QED) is 0.809. The Morgan fingerprint density at radius 1 is 1.35 bits per heavy atom. The number of aromatic nitrogens is 1. The molecule has 0 bridgehead atoms. The monoisotopic (exact) mass is 318 g/mol. The smallest absolute Gasteiger partial charge is 0.478 e. The first kappa shape index (κ1) is 17.7. The normalized spacial score (nSPS) is 19.9. The molecule has 2 N–H and O–H groups in total. The highest BCUT2D eigenvalue weighted by Crippen LogP contribution is 2.38. The standard InChI is InChI=1S/C16H23BN2O4/c1-15(2)16(3,4)23-17(22-15)12(10-18-5)9-13-8-11(14(20)21)6-7-19-13/h6-9,18H,10H2,1-5H3,(H,20,21). The number of nitrogens with zero attached hydrogens (tertiary/aromatic N) is 1. The van der Waals surface area contributed by atoms with Crippen molar-refractivity contribution in [3.63, 3.8) is 0 Å². The number of pyridine rings is 1. The summed E-state index contributed by atoms with van der Waals surface area (Å²) in [6, 6.07) is 3.00. The van der Waals surface area contributed by atoms with Gasteiger partial charge < -0.3 is 19.7 Å². The van der Waals surface area contributed by atoms with Crippen molar-refractivity contribution < 1.29 is 19.2 Å². The van der Waals surface area contributed by atoms with Crippen molar-refractivity contribution in [2.45, 2.75) is 38.9 Å². The molecular formula is C16H23BN2O4. The number of likely N-dealkylation sites (N-methyl/N-ethyl adjacent to an activating group) is 1. The van der Waals surface area contributed by atoms with E-state index < -0.39 is 24.3 Å². The third-order valence-corrected chi connectivity index (χ3v) is 4.30. The summed E-state index contributed by atoms with van der Waals surface area (Å²) in [5.41, 5.74) is 0.761. The van der Waals surface area contributed by atoms with E-state index in [0.717, 1.165) is 5.47 Å². The minimum absolute atomic E-state index is 0.198. The van der Waals surface area contributed by atoms with Crippen molar-refractivity contribution in [3.05, 3.63) is 35.1 Å². The van der Waals surface area contributed by atoms with E-state index in [9.17, 15) is 4.79 Å². The molecule has 0 aliphatic carbocycles. The molecule has 0 amide bonds. The van der Waals surface area contributed by atoms with E-state index in [-0.39, 0.29) is 5.56 Å². The van der Waals surface area contributed by atoms with Crippen molar-refractivity contribution >= 4 is 19.2 Å². The Morgan fingerprint density at radius 3 is 2.48 bits per heavy atom. The molecular weight excluding hydrogens is 295 g/mol. The molecule has 1 fully saturated rings. The van der Waals surface area contributed by atoms with Crippen LogP contribution in [0.3, 0.4) is 0 Å². The molecule has 2 rings (SSSR count). The number of rotatable bonds is 5. The number of carbonyl (C=O) groups is 1. The van der Waals surface area contributed by atoms with E-state index in [1.54, 1.807) is 0 Å². The first-order valence-corrected chi connectivity index (χ1v) is 7.56. The molecule has 23 heavy (non-hydrogen) atoms. The Morgan fingerprint density at radius 2 is 1.96 bits per heavy atom. The molecule has 0 spiro atoms. The summed E-state index contributed by atoms with van der Waals surface area (Å²) >= 11 is 0. The Kier molecular flexibility index (Phi) is 4.94. The van der Waals surface area contributed by atoms with Crippen molar-refractivity contribution in [1.29, 1.82) is 0 Å². The maximum atomic E-state index is 11.1. The lowest BCUT2D eigenvalue weighted by molar-refractivity contribution is 0.00578. The highest BCUT2D eigenvalue weighted by Gasteiger charge is 2.52. The largest absolute Gasteiger partial charge is 0.491 e. The maximum absolute atomic E-state index is 11.1. The fraction of sp³-hybridized carbons (Fsp3) is 0.500. The van der Waals surface area contributed by atoms with E-state index in [0.29, 0.717) is 12.2 Å². The lowest BCUT2D eigenvalue weighted by Crippen LogP contribution is -2.41. The van der Waals surface area contributed by atoms with Gasteiger partial charge in [0.2, 0.25) is 0 Å². The van der Waals surface area contributed by atoms with Crippen LogP contribution in [0.5, 0.6) is 0 Å². The first-order valence-electron chi connectivity index (χ1n) is 7.56. The Hall–Kier alpha value is -1.70. The van der Waals surface area contributed by atoms with Gasteiger partial charge in [-0.1, -0.05) is 0 Å². The molecule has 1 aromatic rings. The highest BCUT2D eigenvalue weighted by atomic mass is 16.7. The van der Waals surface area contributed by atoms with Crippen LogP contribution in [-0.2, 0) is 9.31 Å². The number of aromatic carboxylic acids is 1. The summed E-state index contributed by atoms with van der Waals surface area (Å²) in [4.78, 5) is 15.3. The molecule has 6 nitrogen and oxygen atoms in total. The van der Waals surface area contributed by atoms with Crippen LogP contribution in [-0.4, -0.2) is 48.0 Å². The third-order valence-electron chi connectivity index (χ3n) is 4.30. The predicted molar refractivity (Wildman–Crippen MR) is 89.2 cm³/mol. The summed E-state index contributed by atoms with van der Waals surface area (Å²) in [6.07, 6.45) is 3.29. The minimum Gasteiger partial charge on any atom is -0.478 e. The number of hydrogen-bond donors (Lipinski definition) is 2. The van der Waals surface area contributed by atoms with Gasteiger partial charge in [0.15, 0.2) is 0 Å². The SMILES string of the molecule is CNCC(=Cc1cc(C(=O)O)ccn1)B1OC(C)(C)C(C)(C)O1. The summed E-state index contributed by atoms with van der Waals surface area (Å²) in [6.45, 7) is 8.52. The average Bonchev–Trinajstić information content (AvgIpc) is 2.67. The second-order valence-corrected chi connectivity index (χ2v) is 6.61. The average molecular weight is 318 g/mol. The molecule has 0 radical (unpaired) electrons. The zero-order chi connectivity index (χ0) is 17.3. The molecule has 1 aromatic heterocycles. The Bertz CT molecular complexity index is 612. The van der Waals surface area contributed by atoms with E-state index in [4.69, 9.17) is 14.4 Å². The maximum Gasteiger partial charge on any atom is 0.491 e. The van der Waals surface area contributed by atoms with Gasteiger partial charge in [-0.15, -0.1) is 0 Å². The van der Waals surface area contributed by atoms with Crippen molar-refractivity contribution in [1.82, 2.24) is 10.3 Å². The van der Waals surface area contributed by atoms with Gasteiger partial charge in [0.25, 0.3) is 0 Å². The molecule has 0 unspecified atom stereocenters. The molecule has 2 heterocycles. The topological polar surface area (TPSA) is 80.7 Å². The van der Waals surface area contributed by atoms with Gasteiger partial charge in [-0.25, -0.2) is 4.79 Å². The summed E-state index contributed by atoms with van der Waals surface area (Å²) < 4.78 is 12.1. The second-order valence-electron chi connectivity index (χ2n) is 6.61. The fourth-order valence-electron chi connectivity index (χ4n) is 2.25. The van der Waals surface area contributed by atoms with Crippen molar-refractivity contribution in [3.8, 4) is 0 Å². The van der Waals surface area contributed by atoms with Crippen LogP contribution in [0.25, 0.3) is 6.08 Å². The number of carboxylic acids is 1. The van der Waals surface area contributed by atoms with Crippen LogP contribution < -0.4 is 5.32 Å². The van der Waals surface area contributed by atoms with E-state index in [1.807, 2.05) is 40.8 Å². The second kappa shape index (κ2) is 6.43. The molecule has 1 aliphatic heterocycles. The van der Waals surface area contributed by atoms with Gasteiger partial charge in [-0.2, -0.15) is 0 Å². The molecule has 7 heteroatoms. The van der Waals surface area contributed by atoms with Crippen LogP contribution in [0.1, 0.15) is 43.7 Å². The molecule has 1 saturated heterocycles. The van der Waals surface area contributed by atoms with Crippen LogP contribution in [0.15, 0.2) is 23.8 Å². The first-order chi connectivity index (χ1) is 10.7. The zero-order valence-corrected chi connectivity index (χ0v) is 14.2. The lowest BCUT2D eigenvalue weighted by atomic mass is 9.77. The highest BCUT2D eigenvalue weighted by molar-refractivity contribution is 6.55. The lowest BCUT2D eigenvalue weighted by Gasteiger charge is -2.32. The zero-order valence-electron chi connectivity index (χ0n) is 14.2. The van der Waals surface area contributed by atoms with Gasteiger partial charge in [-0.05, 0) is 58.4 Å². The summed E-state index contributed by atoms with van der Waals surface area (Å²) in [5.74, 6) is -0.979. The van der Waals surface area contributed by atoms with Gasteiger partial charge >= 0.3 is 13.1 Å². The number of nitrogens with one attached hydrogen (secondary N) is 1. The van der Waals surface area contributed by atoms with Crippen molar-refractivity contribution in [2.75, 3.05) is 13.6 Å². The van der Waals surface area contributed by atoms with Gasteiger partial charge in [0.1, 0.15) is 0 Å². The molecule has 0 aromatic carbocycles. The Balaban J connectivity index is 2.32. The predicted octanol–water partition coefficient (Wildman–Crippen LogP) is 2.01. The van der Waals surface area contributed by atoms with E-state index >= 15 is 0 Å². The summed E-state index contributed by atoms with van der Waals surface area (Å²) in [7, 11) is 1.34. The van der Waals surface area contributed by atoms with Gasteiger partial charge in [0, 0.05) is 12.7 Å². The van der Waals surface area contributed by atoms with Crippen molar-refractivity contribution in [2.24, 2.45) is 0 Å². The number of hydrogen-bond acceptors (Lipinski definition) is 5.